The van der Waals surface area contributed by atoms with E-state index in [1.54, 1.807) is 17.0 Å². The lowest BCUT2D eigenvalue weighted by Crippen LogP contribution is -2.55. The molecule has 4 rings (SSSR count). The van der Waals surface area contributed by atoms with Crippen LogP contribution in [0.25, 0.3) is 11.0 Å². The van der Waals surface area contributed by atoms with Gasteiger partial charge in [-0.2, -0.15) is 0 Å². The Hall–Kier alpha value is -2.15. The number of carbonyl (C=O) groups is 1. The van der Waals surface area contributed by atoms with Crippen molar-refractivity contribution in [3.63, 3.8) is 0 Å². The summed E-state index contributed by atoms with van der Waals surface area (Å²) in [5, 5.41) is 18.6. The Balaban J connectivity index is 1.87. The van der Waals surface area contributed by atoms with Gasteiger partial charge in [0.2, 0.25) is 5.91 Å². The highest BCUT2D eigenvalue weighted by Crippen LogP contribution is 2.44. The molecule has 7 nitrogen and oxygen atoms in total. The molecule has 1 saturated heterocycles. The van der Waals surface area contributed by atoms with Crippen LogP contribution in [0.1, 0.15) is 44.7 Å². The third-order valence-electron chi connectivity index (χ3n) is 4.78. The van der Waals surface area contributed by atoms with Crippen molar-refractivity contribution in [3.05, 3.63) is 17.7 Å². The number of likely N-dealkylation sites (tertiary alicyclic amines) is 1. The van der Waals surface area contributed by atoms with Crippen molar-refractivity contribution in [2.75, 3.05) is 6.54 Å². The van der Waals surface area contributed by atoms with E-state index in [1.807, 2.05) is 13.8 Å². The molecule has 1 fully saturated rings. The topological polar surface area (TPSA) is 88.7 Å². The maximum absolute atomic E-state index is 12.4. The summed E-state index contributed by atoms with van der Waals surface area (Å²) in [7, 11) is 0. The minimum atomic E-state index is -0.825. The van der Waals surface area contributed by atoms with Gasteiger partial charge >= 0.3 is 0 Å². The van der Waals surface area contributed by atoms with Gasteiger partial charge in [0.25, 0.3) is 0 Å². The molecule has 1 aromatic carbocycles. The highest BCUT2D eigenvalue weighted by molar-refractivity contribution is 5.80. The third-order valence-corrected chi connectivity index (χ3v) is 4.78. The van der Waals surface area contributed by atoms with E-state index in [-0.39, 0.29) is 5.91 Å². The van der Waals surface area contributed by atoms with E-state index in [9.17, 15) is 9.90 Å². The van der Waals surface area contributed by atoms with Gasteiger partial charge < -0.3 is 14.7 Å². The number of benzene rings is 1. The average Bonchev–Trinajstić information content (AvgIpc) is 2.95. The number of aliphatic hydroxyl groups excluding tert-OH is 1. The minimum Gasteiger partial charge on any atom is -0.485 e. The normalized spacial score (nSPS) is 26.9. The monoisotopic (exact) mass is 317 g/mol. The Morgan fingerprint density at radius 3 is 2.74 bits per heavy atom. The molecule has 0 saturated carbocycles. The number of amides is 1. The van der Waals surface area contributed by atoms with Crippen molar-refractivity contribution < 1.29 is 19.3 Å². The van der Waals surface area contributed by atoms with Crippen LogP contribution in [0.15, 0.2) is 16.8 Å². The lowest BCUT2D eigenvalue weighted by molar-refractivity contribution is -0.147. The third kappa shape index (κ3) is 2.18. The quantitative estimate of drug-likeness (QED) is 0.863. The molecule has 1 N–H and O–H groups in total. The van der Waals surface area contributed by atoms with E-state index in [0.29, 0.717) is 29.7 Å². The van der Waals surface area contributed by atoms with Crippen molar-refractivity contribution in [1.82, 2.24) is 15.2 Å². The Bertz CT molecular complexity index is 770. The highest BCUT2D eigenvalue weighted by atomic mass is 16.6. The average molecular weight is 317 g/mol. The van der Waals surface area contributed by atoms with E-state index >= 15 is 0 Å². The summed E-state index contributed by atoms with van der Waals surface area (Å²) in [6.07, 6.45) is 1.54. The van der Waals surface area contributed by atoms with Gasteiger partial charge in [-0.15, -0.1) is 0 Å². The number of aliphatic hydroxyl groups is 1. The molecule has 0 aliphatic carbocycles. The first-order valence-corrected chi connectivity index (χ1v) is 7.90. The second-order valence-corrected chi connectivity index (χ2v) is 6.78. The van der Waals surface area contributed by atoms with Crippen LogP contribution in [0.3, 0.4) is 0 Å². The van der Waals surface area contributed by atoms with E-state index in [0.717, 1.165) is 18.4 Å². The zero-order valence-electron chi connectivity index (χ0n) is 13.2. The Kier molecular flexibility index (Phi) is 3.09. The molecule has 0 bridgehead atoms. The summed E-state index contributed by atoms with van der Waals surface area (Å²) >= 11 is 0. The van der Waals surface area contributed by atoms with Crippen molar-refractivity contribution in [2.45, 2.75) is 50.9 Å². The predicted octanol–water partition coefficient (Wildman–Crippen LogP) is 1.81. The second-order valence-electron chi connectivity index (χ2n) is 6.78. The highest BCUT2D eigenvalue weighted by Gasteiger charge is 2.47. The SMILES string of the molecule is CC1(C)Oc2cc3nonc3cc2[C@H](N2CCCCC2=O)[C@@H]1O. The summed E-state index contributed by atoms with van der Waals surface area (Å²) in [5.41, 5.74) is 1.14. The first-order valence-electron chi connectivity index (χ1n) is 7.90. The summed E-state index contributed by atoms with van der Waals surface area (Å²) in [6.45, 7) is 4.30. The second kappa shape index (κ2) is 4.92. The minimum absolute atomic E-state index is 0.0716. The zero-order valence-corrected chi connectivity index (χ0v) is 13.2. The first-order chi connectivity index (χ1) is 11.0. The molecular formula is C16H19N3O4. The smallest absolute Gasteiger partial charge is 0.223 e. The van der Waals surface area contributed by atoms with Crippen LogP contribution in [-0.4, -0.2) is 44.5 Å². The van der Waals surface area contributed by atoms with Crippen LogP contribution >= 0.6 is 0 Å². The van der Waals surface area contributed by atoms with Crippen LogP contribution in [0, 0.1) is 0 Å². The number of fused-ring (bicyclic) bond motifs is 2. The summed E-state index contributed by atoms with van der Waals surface area (Å²) in [4.78, 5) is 14.2. The first kappa shape index (κ1) is 14.4. The molecule has 23 heavy (non-hydrogen) atoms. The molecular weight excluding hydrogens is 298 g/mol. The lowest BCUT2D eigenvalue weighted by atomic mass is 9.84. The van der Waals surface area contributed by atoms with E-state index in [1.165, 1.54) is 0 Å². The number of hydrogen-bond acceptors (Lipinski definition) is 6. The molecule has 2 aliphatic rings. The number of aromatic nitrogens is 2. The number of hydrogen-bond donors (Lipinski definition) is 1. The standard InChI is InChI=1S/C16H19N3O4/c1-16(2)15(21)14(19-6-4-3-5-13(19)20)9-7-10-11(18-23-17-10)8-12(9)22-16/h7-8,14-15,21H,3-6H2,1-2H3/t14-,15-/m0/s1. The van der Waals surface area contributed by atoms with Gasteiger partial charge in [0.05, 0.1) is 6.04 Å². The Morgan fingerprint density at radius 1 is 1.26 bits per heavy atom. The van der Waals surface area contributed by atoms with Gasteiger partial charge in [-0.3, -0.25) is 4.79 Å². The van der Waals surface area contributed by atoms with Gasteiger partial charge in [-0.05, 0) is 43.1 Å². The summed E-state index contributed by atoms with van der Waals surface area (Å²) in [5.74, 6) is 0.689. The van der Waals surface area contributed by atoms with Crippen molar-refractivity contribution >= 4 is 16.9 Å². The number of ether oxygens (including phenoxy) is 1. The van der Waals surface area contributed by atoms with Gasteiger partial charge in [-0.25, -0.2) is 4.63 Å². The zero-order chi connectivity index (χ0) is 16.2. The predicted molar refractivity (Wildman–Crippen MR) is 80.8 cm³/mol. The van der Waals surface area contributed by atoms with Gasteiger partial charge in [0.1, 0.15) is 28.5 Å². The van der Waals surface area contributed by atoms with Gasteiger partial charge in [0, 0.05) is 24.6 Å². The molecule has 0 unspecified atom stereocenters. The van der Waals surface area contributed by atoms with Crippen LogP contribution < -0.4 is 4.74 Å². The van der Waals surface area contributed by atoms with Crippen molar-refractivity contribution in [3.8, 4) is 5.75 Å². The molecule has 2 atom stereocenters. The lowest BCUT2D eigenvalue weighted by Gasteiger charge is -2.47. The van der Waals surface area contributed by atoms with E-state index < -0.39 is 17.7 Å². The number of piperidine rings is 1. The number of nitrogens with zero attached hydrogens (tertiary/aromatic N) is 3. The number of rotatable bonds is 1. The van der Waals surface area contributed by atoms with Crippen LogP contribution in [0.2, 0.25) is 0 Å². The molecule has 0 radical (unpaired) electrons. The molecule has 2 aromatic rings. The largest absolute Gasteiger partial charge is 0.485 e. The van der Waals surface area contributed by atoms with Crippen molar-refractivity contribution in [2.24, 2.45) is 0 Å². The fourth-order valence-electron chi connectivity index (χ4n) is 3.50. The summed E-state index contributed by atoms with van der Waals surface area (Å²) < 4.78 is 10.7. The van der Waals surface area contributed by atoms with Crippen LogP contribution in [-0.2, 0) is 4.79 Å². The molecule has 1 amide bonds. The molecule has 2 aliphatic heterocycles. The maximum Gasteiger partial charge on any atom is 0.223 e. The Morgan fingerprint density at radius 2 is 2.00 bits per heavy atom. The van der Waals surface area contributed by atoms with E-state index in [4.69, 9.17) is 9.37 Å². The van der Waals surface area contributed by atoms with Crippen LogP contribution in [0.4, 0.5) is 0 Å². The van der Waals surface area contributed by atoms with Crippen molar-refractivity contribution in [1.29, 1.82) is 0 Å². The fourth-order valence-corrected chi connectivity index (χ4v) is 3.50. The van der Waals surface area contributed by atoms with E-state index in [2.05, 4.69) is 10.3 Å². The fraction of sp³-hybridized carbons (Fsp3) is 0.562. The van der Waals surface area contributed by atoms with Gasteiger partial charge in [-0.1, -0.05) is 0 Å². The molecule has 7 heteroatoms. The van der Waals surface area contributed by atoms with Crippen LogP contribution in [0.5, 0.6) is 5.75 Å². The molecule has 3 heterocycles. The molecule has 122 valence electrons. The Labute approximate surface area is 133 Å². The maximum atomic E-state index is 12.4. The van der Waals surface area contributed by atoms with Gasteiger partial charge in [0.15, 0.2) is 0 Å². The molecule has 0 spiro atoms. The number of carbonyl (C=O) groups excluding carboxylic acids is 1. The summed E-state index contributed by atoms with van der Waals surface area (Å²) in [6, 6.07) is 3.12. The molecule has 1 aromatic heterocycles.